The largest absolute Gasteiger partial charge is 0.481 e. The quantitative estimate of drug-likeness (QED) is 0.562. The highest BCUT2D eigenvalue weighted by molar-refractivity contribution is 5.91. The molecule has 158 valence electrons. The van der Waals surface area contributed by atoms with Crippen LogP contribution in [-0.4, -0.2) is 45.1 Å². The van der Waals surface area contributed by atoms with Crippen molar-refractivity contribution in [1.82, 2.24) is 20.1 Å². The number of hydrogen-bond donors (Lipinski definition) is 3. The molecule has 0 amide bonds. The number of rotatable bonds is 10. The van der Waals surface area contributed by atoms with E-state index >= 15 is 0 Å². The van der Waals surface area contributed by atoms with Gasteiger partial charge in [0.05, 0.1) is 23.7 Å². The van der Waals surface area contributed by atoms with E-state index in [1.807, 2.05) is 10.9 Å². The molecule has 0 aliphatic carbocycles. The molecule has 3 N–H and O–H groups in total. The van der Waals surface area contributed by atoms with Crippen molar-refractivity contribution in [1.29, 1.82) is 0 Å². The summed E-state index contributed by atoms with van der Waals surface area (Å²) in [5.41, 5.74) is 4.79. The minimum atomic E-state index is -0.820. The van der Waals surface area contributed by atoms with Gasteiger partial charge in [-0.1, -0.05) is 13.5 Å². The number of nitrogens with zero attached hydrogens (tertiary/aromatic N) is 3. The van der Waals surface area contributed by atoms with Gasteiger partial charge in [0.2, 0.25) is 0 Å². The fourth-order valence-electron chi connectivity index (χ4n) is 3.66. The predicted octanol–water partition coefficient (Wildman–Crippen LogP) is 3.07. The highest BCUT2D eigenvalue weighted by atomic mass is 16.5. The zero-order valence-electron chi connectivity index (χ0n) is 17.3. The number of aliphatic carboxylic acids is 1. The standard InChI is InChI=1S/C21H31N5O3/c1-4-18-16(12-22-14(3)6-7-19(27)28)20(24-15-8-10-29-11-9-15)17-13-23-26(5-2)21(17)25-18/h13,15,22H,3-12H2,1-2H3,(H,24,25)(H,27,28). The Hall–Kier alpha value is -2.61. The first-order valence-electron chi connectivity index (χ1n) is 10.4. The Balaban J connectivity index is 1.93. The second kappa shape index (κ2) is 9.73. The Bertz CT molecular complexity index is 871. The fourth-order valence-corrected chi connectivity index (χ4v) is 3.66. The van der Waals surface area contributed by atoms with Gasteiger partial charge in [0.15, 0.2) is 5.65 Å². The number of carboxylic acids is 1. The highest BCUT2D eigenvalue weighted by Crippen LogP contribution is 2.31. The van der Waals surface area contributed by atoms with Crippen LogP contribution in [0.2, 0.25) is 0 Å². The molecule has 0 unspecified atom stereocenters. The van der Waals surface area contributed by atoms with E-state index in [1.165, 1.54) is 0 Å². The lowest BCUT2D eigenvalue weighted by Crippen LogP contribution is -2.29. The molecule has 0 radical (unpaired) electrons. The van der Waals surface area contributed by atoms with Crippen molar-refractivity contribution in [3.63, 3.8) is 0 Å². The Morgan fingerprint density at radius 3 is 2.76 bits per heavy atom. The molecule has 2 aromatic heterocycles. The lowest BCUT2D eigenvalue weighted by atomic mass is 10.0. The number of carboxylic acid groups (broad SMARTS) is 1. The van der Waals surface area contributed by atoms with Crippen LogP contribution in [0.4, 0.5) is 5.69 Å². The van der Waals surface area contributed by atoms with Gasteiger partial charge in [-0.05, 0) is 32.6 Å². The summed E-state index contributed by atoms with van der Waals surface area (Å²) in [4.78, 5) is 15.7. The number of aromatic nitrogens is 3. The second-order valence-electron chi connectivity index (χ2n) is 7.35. The minimum Gasteiger partial charge on any atom is -0.481 e. The molecule has 0 saturated carbocycles. The zero-order valence-corrected chi connectivity index (χ0v) is 17.3. The minimum absolute atomic E-state index is 0.0696. The normalized spacial score (nSPS) is 14.8. The predicted molar refractivity (Wildman–Crippen MR) is 113 cm³/mol. The molecule has 1 aliphatic heterocycles. The summed E-state index contributed by atoms with van der Waals surface area (Å²) in [7, 11) is 0. The summed E-state index contributed by atoms with van der Waals surface area (Å²) < 4.78 is 7.43. The number of fused-ring (bicyclic) bond motifs is 1. The number of ether oxygens (including phenoxy) is 1. The lowest BCUT2D eigenvalue weighted by Gasteiger charge is -2.27. The number of nitrogens with one attached hydrogen (secondary N) is 2. The number of anilines is 1. The van der Waals surface area contributed by atoms with Gasteiger partial charge in [0, 0.05) is 49.3 Å². The molecule has 29 heavy (non-hydrogen) atoms. The van der Waals surface area contributed by atoms with Crippen molar-refractivity contribution >= 4 is 22.7 Å². The molecule has 2 aromatic rings. The zero-order chi connectivity index (χ0) is 20.8. The number of pyridine rings is 1. The summed E-state index contributed by atoms with van der Waals surface area (Å²) in [6, 6.07) is 0.345. The van der Waals surface area contributed by atoms with Crippen LogP contribution in [0.5, 0.6) is 0 Å². The fraction of sp³-hybridized carbons (Fsp3) is 0.571. The van der Waals surface area contributed by atoms with E-state index in [2.05, 4.69) is 36.2 Å². The molecule has 1 fully saturated rings. The molecule has 8 heteroatoms. The maximum atomic E-state index is 10.8. The van der Waals surface area contributed by atoms with Crippen LogP contribution in [0.1, 0.15) is 50.8 Å². The molecule has 1 saturated heterocycles. The summed E-state index contributed by atoms with van der Waals surface area (Å²) in [5.74, 6) is -0.820. The Morgan fingerprint density at radius 1 is 1.34 bits per heavy atom. The first-order valence-corrected chi connectivity index (χ1v) is 10.4. The van der Waals surface area contributed by atoms with Crippen LogP contribution >= 0.6 is 0 Å². The van der Waals surface area contributed by atoms with E-state index in [9.17, 15) is 4.79 Å². The van der Waals surface area contributed by atoms with Crippen LogP contribution in [0.15, 0.2) is 18.5 Å². The molecule has 1 aliphatic rings. The van der Waals surface area contributed by atoms with Crippen LogP contribution in [-0.2, 0) is 29.0 Å². The Kier molecular flexibility index (Phi) is 7.09. The Morgan fingerprint density at radius 2 is 2.10 bits per heavy atom. The maximum absolute atomic E-state index is 10.8. The van der Waals surface area contributed by atoms with Crippen LogP contribution in [0.25, 0.3) is 11.0 Å². The number of carbonyl (C=O) groups is 1. The SMILES string of the molecule is C=C(CCC(=O)O)NCc1c(CC)nc2c(cnn2CC)c1NC1CCOCC1. The third-order valence-electron chi connectivity index (χ3n) is 5.33. The van der Waals surface area contributed by atoms with E-state index in [0.717, 1.165) is 72.7 Å². The second-order valence-corrected chi connectivity index (χ2v) is 7.35. The number of aryl methyl sites for hydroxylation is 2. The van der Waals surface area contributed by atoms with Crippen molar-refractivity contribution in [2.75, 3.05) is 18.5 Å². The lowest BCUT2D eigenvalue weighted by molar-refractivity contribution is -0.136. The Labute approximate surface area is 171 Å². The van der Waals surface area contributed by atoms with E-state index in [-0.39, 0.29) is 6.42 Å². The molecular weight excluding hydrogens is 370 g/mol. The average Bonchev–Trinajstić information content (AvgIpc) is 3.14. The van der Waals surface area contributed by atoms with Gasteiger partial charge in [-0.25, -0.2) is 9.67 Å². The van der Waals surface area contributed by atoms with E-state index in [0.29, 0.717) is 19.0 Å². The van der Waals surface area contributed by atoms with Crippen molar-refractivity contribution < 1.29 is 14.6 Å². The topological polar surface area (TPSA) is 101 Å². The summed E-state index contributed by atoms with van der Waals surface area (Å²) in [6.07, 6.45) is 5.08. The average molecular weight is 402 g/mol. The van der Waals surface area contributed by atoms with E-state index in [4.69, 9.17) is 14.8 Å². The smallest absolute Gasteiger partial charge is 0.303 e. The first kappa shape index (κ1) is 21.1. The molecule has 3 rings (SSSR count). The van der Waals surface area contributed by atoms with E-state index in [1.54, 1.807) is 0 Å². The van der Waals surface area contributed by atoms with Gasteiger partial charge in [-0.3, -0.25) is 4.79 Å². The third kappa shape index (κ3) is 5.06. The number of allylic oxidation sites excluding steroid dienone is 1. The van der Waals surface area contributed by atoms with Gasteiger partial charge in [0.1, 0.15) is 0 Å². The molecule has 0 spiro atoms. The summed E-state index contributed by atoms with van der Waals surface area (Å²) in [6.45, 7) is 11.0. The van der Waals surface area contributed by atoms with Crippen molar-refractivity contribution in [3.05, 3.63) is 29.7 Å². The molecule has 8 nitrogen and oxygen atoms in total. The van der Waals surface area contributed by atoms with Gasteiger partial charge in [-0.2, -0.15) is 5.10 Å². The van der Waals surface area contributed by atoms with Crippen molar-refractivity contribution in [2.45, 2.75) is 65.1 Å². The van der Waals surface area contributed by atoms with Crippen molar-refractivity contribution in [2.24, 2.45) is 0 Å². The molecule has 0 aromatic carbocycles. The monoisotopic (exact) mass is 401 g/mol. The first-order chi connectivity index (χ1) is 14.0. The molecular formula is C21H31N5O3. The van der Waals surface area contributed by atoms with Crippen LogP contribution < -0.4 is 10.6 Å². The molecule has 0 bridgehead atoms. The van der Waals surface area contributed by atoms with Gasteiger partial charge >= 0.3 is 5.97 Å². The third-order valence-corrected chi connectivity index (χ3v) is 5.33. The van der Waals surface area contributed by atoms with Gasteiger partial charge < -0.3 is 20.5 Å². The highest BCUT2D eigenvalue weighted by Gasteiger charge is 2.21. The molecule has 0 atom stereocenters. The van der Waals surface area contributed by atoms with Gasteiger partial charge in [-0.15, -0.1) is 0 Å². The van der Waals surface area contributed by atoms with E-state index < -0.39 is 5.97 Å². The summed E-state index contributed by atoms with van der Waals surface area (Å²) >= 11 is 0. The summed E-state index contributed by atoms with van der Waals surface area (Å²) in [5, 5.41) is 21.5. The van der Waals surface area contributed by atoms with Crippen molar-refractivity contribution in [3.8, 4) is 0 Å². The maximum Gasteiger partial charge on any atom is 0.303 e. The van der Waals surface area contributed by atoms with Crippen LogP contribution in [0.3, 0.4) is 0 Å². The number of hydrogen-bond acceptors (Lipinski definition) is 6. The molecule has 3 heterocycles. The van der Waals surface area contributed by atoms with Crippen LogP contribution in [0, 0.1) is 0 Å². The van der Waals surface area contributed by atoms with Gasteiger partial charge in [0.25, 0.3) is 0 Å².